The highest BCUT2D eigenvalue weighted by atomic mass is 16.5. The molecule has 0 spiro atoms. The second kappa shape index (κ2) is 10.1. The third-order valence-electron chi connectivity index (χ3n) is 4.91. The summed E-state index contributed by atoms with van der Waals surface area (Å²) in [7, 11) is 1.57. The number of imide groups is 2. The first-order valence-electron chi connectivity index (χ1n) is 9.86. The monoisotopic (exact) mass is 432 g/mol. The Hall–Kier alpha value is -3.31. The second-order valence-electron chi connectivity index (χ2n) is 6.98. The van der Waals surface area contributed by atoms with Crippen molar-refractivity contribution in [2.75, 3.05) is 45.3 Å². The number of nitrogens with zero attached hydrogens (tertiary/aromatic N) is 1. The van der Waals surface area contributed by atoms with E-state index in [-0.39, 0.29) is 36.4 Å². The maximum atomic E-state index is 13.0. The van der Waals surface area contributed by atoms with Gasteiger partial charge in [0.05, 0.1) is 37.5 Å². The lowest BCUT2D eigenvalue weighted by atomic mass is 10.0. The second-order valence-corrected chi connectivity index (χ2v) is 6.98. The molecule has 0 aliphatic carbocycles. The summed E-state index contributed by atoms with van der Waals surface area (Å²) in [6.07, 6.45) is 0.123. The topological polar surface area (TPSA) is 143 Å². The summed E-state index contributed by atoms with van der Waals surface area (Å²) in [6.45, 7) is 1.44. The number of benzene rings is 1. The molecule has 0 saturated carbocycles. The van der Waals surface area contributed by atoms with E-state index in [2.05, 4.69) is 16.0 Å². The van der Waals surface area contributed by atoms with Gasteiger partial charge in [-0.05, 0) is 18.6 Å². The molecular formula is C20H24N4O7. The van der Waals surface area contributed by atoms with Gasteiger partial charge in [-0.15, -0.1) is 0 Å². The molecule has 2 heterocycles. The van der Waals surface area contributed by atoms with Crippen LogP contribution in [0.3, 0.4) is 0 Å². The first-order chi connectivity index (χ1) is 14.9. The molecule has 1 aromatic rings. The molecule has 0 aromatic heterocycles. The van der Waals surface area contributed by atoms with Crippen molar-refractivity contribution in [1.82, 2.24) is 15.5 Å². The number of rotatable bonds is 10. The minimum Gasteiger partial charge on any atom is -0.382 e. The molecule has 3 rings (SSSR count). The first-order valence-corrected chi connectivity index (χ1v) is 9.86. The Bertz CT molecular complexity index is 902. The van der Waals surface area contributed by atoms with E-state index in [4.69, 9.17) is 9.47 Å². The lowest BCUT2D eigenvalue weighted by Gasteiger charge is -2.27. The van der Waals surface area contributed by atoms with Crippen LogP contribution in [0.25, 0.3) is 0 Å². The molecular weight excluding hydrogens is 408 g/mol. The number of anilines is 1. The predicted octanol–water partition coefficient (Wildman–Crippen LogP) is -0.721. The van der Waals surface area contributed by atoms with Gasteiger partial charge >= 0.3 is 0 Å². The quantitative estimate of drug-likeness (QED) is 0.325. The lowest BCUT2D eigenvalue weighted by Crippen LogP contribution is -2.54. The molecule has 0 radical (unpaired) electrons. The van der Waals surface area contributed by atoms with Crippen LogP contribution in [-0.4, -0.2) is 80.5 Å². The fourth-order valence-corrected chi connectivity index (χ4v) is 3.41. The molecule has 3 N–H and O–H groups in total. The third kappa shape index (κ3) is 5.06. The molecule has 1 fully saturated rings. The molecule has 2 aliphatic rings. The summed E-state index contributed by atoms with van der Waals surface area (Å²) in [4.78, 5) is 62.2. The molecule has 31 heavy (non-hydrogen) atoms. The Labute approximate surface area is 178 Å². The average Bonchev–Trinajstić information content (AvgIpc) is 3.00. The van der Waals surface area contributed by atoms with Gasteiger partial charge in [-0.25, -0.2) is 0 Å². The van der Waals surface area contributed by atoms with E-state index in [1.807, 2.05) is 0 Å². The smallest absolute Gasteiger partial charge is 0.264 e. The number of fused-ring (bicyclic) bond motifs is 1. The van der Waals surface area contributed by atoms with Gasteiger partial charge in [0.25, 0.3) is 11.8 Å². The summed E-state index contributed by atoms with van der Waals surface area (Å²) in [6, 6.07) is 3.62. The van der Waals surface area contributed by atoms with Gasteiger partial charge in [0.1, 0.15) is 6.04 Å². The first kappa shape index (κ1) is 22.4. The van der Waals surface area contributed by atoms with Crippen LogP contribution in [0.2, 0.25) is 0 Å². The normalized spacial score (nSPS) is 18.1. The third-order valence-corrected chi connectivity index (χ3v) is 4.91. The zero-order chi connectivity index (χ0) is 22.4. The molecule has 1 saturated heterocycles. The summed E-state index contributed by atoms with van der Waals surface area (Å²) >= 11 is 0. The van der Waals surface area contributed by atoms with Crippen LogP contribution < -0.4 is 16.0 Å². The van der Waals surface area contributed by atoms with Crippen molar-refractivity contribution >= 4 is 35.2 Å². The number of hydrogen-bond acceptors (Lipinski definition) is 8. The van der Waals surface area contributed by atoms with Gasteiger partial charge in [0.15, 0.2) is 0 Å². The standard InChI is InChI=1S/C20H24N4O7/c1-30-9-10-31-8-7-21-16(26)11-22-13-4-2-3-12-17(13)20(29)24(19(12)28)14-5-6-15(25)23-18(14)27/h2-4,14,22H,5-11H2,1H3,(H,21,26)(H,23,25,27). The van der Waals surface area contributed by atoms with Gasteiger partial charge in [0, 0.05) is 25.8 Å². The molecule has 1 aromatic carbocycles. The largest absolute Gasteiger partial charge is 0.382 e. The van der Waals surface area contributed by atoms with Crippen molar-refractivity contribution in [3.63, 3.8) is 0 Å². The van der Waals surface area contributed by atoms with Crippen LogP contribution in [-0.2, 0) is 23.9 Å². The highest BCUT2D eigenvalue weighted by molar-refractivity contribution is 6.25. The molecule has 2 aliphatic heterocycles. The van der Waals surface area contributed by atoms with Crippen molar-refractivity contribution in [1.29, 1.82) is 0 Å². The van der Waals surface area contributed by atoms with E-state index >= 15 is 0 Å². The Balaban J connectivity index is 1.61. The maximum absolute atomic E-state index is 13.0. The summed E-state index contributed by atoms with van der Waals surface area (Å²) in [5.74, 6) is -2.66. The van der Waals surface area contributed by atoms with E-state index in [1.165, 1.54) is 6.07 Å². The Morgan fingerprint density at radius 1 is 1.16 bits per heavy atom. The molecule has 0 bridgehead atoms. The molecule has 5 amide bonds. The number of carbonyl (C=O) groups is 5. The molecule has 11 nitrogen and oxygen atoms in total. The number of amides is 5. The van der Waals surface area contributed by atoms with E-state index in [9.17, 15) is 24.0 Å². The van der Waals surface area contributed by atoms with Crippen molar-refractivity contribution < 1.29 is 33.4 Å². The van der Waals surface area contributed by atoms with Gasteiger partial charge in [-0.2, -0.15) is 0 Å². The number of nitrogens with one attached hydrogen (secondary N) is 3. The fourth-order valence-electron chi connectivity index (χ4n) is 3.41. The number of piperidine rings is 1. The van der Waals surface area contributed by atoms with Gasteiger partial charge in [0.2, 0.25) is 17.7 Å². The van der Waals surface area contributed by atoms with E-state index in [0.29, 0.717) is 32.1 Å². The summed E-state index contributed by atoms with van der Waals surface area (Å²) in [5.41, 5.74) is 0.566. The number of carbonyl (C=O) groups excluding carboxylic acids is 5. The zero-order valence-electron chi connectivity index (χ0n) is 17.1. The van der Waals surface area contributed by atoms with Gasteiger partial charge < -0.3 is 20.1 Å². The zero-order valence-corrected chi connectivity index (χ0v) is 17.1. The Morgan fingerprint density at radius 3 is 2.71 bits per heavy atom. The highest BCUT2D eigenvalue weighted by Gasteiger charge is 2.45. The molecule has 166 valence electrons. The van der Waals surface area contributed by atoms with Crippen LogP contribution in [0.1, 0.15) is 33.6 Å². The summed E-state index contributed by atoms with van der Waals surface area (Å²) < 4.78 is 10.1. The fraction of sp³-hybridized carbons (Fsp3) is 0.450. The van der Waals surface area contributed by atoms with E-state index < -0.39 is 29.7 Å². The summed E-state index contributed by atoms with van der Waals surface area (Å²) in [5, 5.41) is 7.70. The van der Waals surface area contributed by atoms with Gasteiger partial charge in [-0.1, -0.05) is 6.07 Å². The number of ether oxygens (including phenoxy) is 2. The number of methoxy groups -OCH3 is 1. The minimum atomic E-state index is -1.04. The molecule has 1 atom stereocenters. The van der Waals surface area contributed by atoms with Crippen LogP contribution in [0.5, 0.6) is 0 Å². The predicted molar refractivity (Wildman–Crippen MR) is 107 cm³/mol. The van der Waals surface area contributed by atoms with E-state index in [0.717, 1.165) is 4.90 Å². The van der Waals surface area contributed by atoms with Crippen molar-refractivity contribution in [2.45, 2.75) is 18.9 Å². The lowest BCUT2D eigenvalue weighted by molar-refractivity contribution is -0.136. The van der Waals surface area contributed by atoms with Crippen LogP contribution in [0.15, 0.2) is 18.2 Å². The Kier molecular flexibility index (Phi) is 7.32. The van der Waals surface area contributed by atoms with Crippen molar-refractivity contribution in [3.05, 3.63) is 29.3 Å². The van der Waals surface area contributed by atoms with Crippen LogP contribution in [0.4, 0.5) is 5.69 Å². The van der Waals surface area contributed by atoms with Gasteiger partial charge in [-0.3, -0.25) is 34.2 Å². The Morgan fingerprint density at radius 2 is 1.97 bits per heavy atom. The van der Waals surface area contributed by atoms with E-state index in [1.54, 1.807) is 19.2 Å². The van der Waals surface area contributed by atoms with Crippen molar-refractivity contribution in [2.24, 2.45) is 0 Å². The van der Waals surface area contributed by atoms with Crippen LogP contribution >= 0.6 is 0 Å². The highest BCUT2D eigenvalue weighted by Crippen LogP contribution is 2.32. The van der Waals surface area contributed by atoms with Crippen LogP contribution in [0, 0.1) is 0 Å². The SMILES string of the molecule is COCCOCCNC(=O)CNc1cccc2c1C(=O)N(C1CCC(=O)NC1=O)C2=O. The molecule has 11 heteroatoms. The van der Waals surface area contributed by atoms with Crippen molar-refractivity contribution in [3.8, 4) is 0 Å². The minimum absolute atomic E-state index is 0.0459. The number of hydrogen-bond donors (Lipinski definition) is 3. The average molecular weight is 432 g/mol. The molecule has 1 unspecified atom stereocenters. The maximum Gasteiger partial charge on any atom is 0.264 e.